The van der Waals surface area contributed by atoms with E-state index in [0.717, 1.165) is 0 Å². The van der Waals surface area contributed by atoms with Gasteiger partial charge in [0.25, 0.3) is 0 Å². The molecule has 0 fully saturated rings. The van der Waals surface area contributed by atoms with Gasteiger partial charge in [-0.05, 0) is 6.08 Å². The Kier molecular flexibility index (Phi) is 48.1. The van der Waals surface area contributed by atoms with Gasteiger partial charge in [0.2, 0.25) is 0 Å². The first-order valence-electron chi connectivity index (χ1n) is 0.977. The summed E-state index contributed by atoms with van der Waals surface area (Å²) in [6, 6.07) is 0. The van der Waals surface area contributed by atoms with Crippen LogP contribution in [-0.4, -0.2) is 6.29 Å². The third-order valence-electron chi connectivity index (χ3n) is 0.0962. The molecule has 1 nitrogen and oxygen atoms in total. The molecule has 0 saturated heterocycles. The molecule has 0 aliphatic carbocycles. The molecule has 0 aromatic heterocycles. The summed E-state index contributed by atoms with van der Waals surface area (Å²) in [5, 5.41) is 0. The maximum absolute atomic E-state index is 9.06. The Labute approximate surface area is 62.2 Å². The van der Waals surface area contributed by atoms with Crippen LogP contribution in [0.25, 0.3) is 0 Å². The third-order valence-corrected chi connectivity index (χ3v) is 0.0962. The van der Waals surface area contributed by atoms with E-state index in [0.29, 0.717) is 6.29 Å². The van der Waals surface area contributed by atoms with Crippen molar-refractivity contribution in [2.24, 2.45) is 0 Å². The Morgan fingerprint density at radius 3 is 1.67 bits per heavy atom. The van der Waals surface area contributed by atoms with Gasteiger partial charge in [-0.25, -0.2) is 0 Å². The second-order valence-corrected chi connectivity index (χ2v) is 0.372. The minimum absolute atomic E-state index is 0. The number of hydrogen-bond donors (Lipinski definition) is 0. The van der Waals surface area contributed by atoms with Crippen LogP contribution in [0.15, 0.2) is 12.7 Å². The molecule has 0 spiro atoms. The van der Waals surface area contributed by atoms with Gasteiger partial charge in [0.15, 0.2) is 0 Å². The van der Waals surface area contributed by atoms with Crippen molar-refractivity contribution in [2.45, 2.75) is 7.43 Å². The smallest absolute Gasteiger partial charge is 0.142 e. The van der Waals surface area contributed by atoms with Crippen LogP contribution < -0.4 is 0 Å². The van der Waals surface area contributed by atoms with E-state index < -0.39 is 0 Å². The van der Waals surface area contributed by atoms with Gasteiger partial charge in [-0.3, -0.25) is 4.79 Å². The van der Waals surface area contributed by atoms with Crippen LogP contribution in [0.2, 0.25) is 0 Å². The van der Waals surface area contributed by atoms with Crippen molar-refractivity contribution in [1.29, 1.82) is 0 Å². The van der Waals surface area contributed by atoms with E-state index in [-0.39, 0.29) is 38.5 Å². The predicted molar refractivity (Wildman–Crippen MR) is 23.0 cm³/mol. The Bertz CT molecular complexity index is 28.5. The zero-order chi connectivity index (χ0) is 3.41. The number of rotatable bonds is 1. The van der Waals surface area contributed by atoms with Crippen LogP contribution >= 0.6 is 0 Å². The molecule has 0 unspecified atom stereocenters. The average molecular weight is 310 g/mol. The fourth-order valence-corrected chi connectivity index (χ4v) is 0. The summed E-state index contributed by atoms with van der Waals surface area (Å²) in [6.45, 7) is 3.11. The molecule has 34 valence electrons. The summed E-state index contributed by atoms with van der Waals surface area (Å²) in [6.07, 6.45) is 1.83. The van der Waals surface area contributed by atoms with E-state index in [1.807, 2.05) is 0 Å². The van der Waals surface area contributed by atoms with Crippen molar-refractivity contribution in [2.75, 3.05) is 0 Å². The maximum atomic E-state index is 9.06. The van der Waals surface area contributed by atoms with Gasteiger partial charge >= 0.3 is 0 Å². The van der Waals surface area contributed by atoms with Crippen LogP contribution in [0.1, 0.15) is 7.43 Å². The summed E-state index contributed by atoms with van der Waals surface area (Å²) in [4.78, 5) is 9.06. The molecule has 2 heteroatoms. The first kappa shape index (κ1) is 16.1. The molecular weight excluding hydrogens is 302 g/mol. The van der Waals surface area contributed by atoms with E-state index in [1.54, 1.807) is 0 Å². The molecule has 0 amide bonds. The summed E-state index contributed by atoms with van der Waals surface area (Å²) in [7, 11) is 0. The molecule has 0 aliphatic rings. The number of carbonyl (C=O) groups excluding carboxylic acids is 1. The zero-order valence-electron chi connectivity index (χ0n) is 2.77. The van der Waals surface area contributed by atoms with Gasteiger partial charge < -0.3 is 0 Å². The average Bonchev–Trinajstić information content (AvgIpc) is 1.37. The van der Waals surface area contributed by atoms with Crippen molar-refractivity contribution in [3.8, 4) is 0 Å². The molecule has 0 aromatic carbocycles. The standard InChI is InChI=1S/C3H4O.CH4.U/c1-2-3-4;;/h2-3H,1H2;1H4;. The third kappa shape index (κ3) is 25.0. The Morgan fingerprint density at radius 2 is 1.67 bits per heavy atom. The zero-order valence-corrected chi connectivity index (χ0v) is 6.93. The molecule has 0 bridgehead atoms. The topological polar surface area (TPSA) is 17.1 Å². The second-order valence-electron chi connectivity index (χ2n) is 0.372. The van der Waals surface area contributed by atoms with Crippen LogP contribution in [-0.2, 0) is 4.79 Å². The Hall–Kier alpha value is 0.462. The Morgan fingerprint density at radius 1 is 1.50 bits per heavy atom. The van der Waals surface area contributed by atoms with Gasteiger partial charge in [-0.2, -0.15) is 0 Å². The number of aldehydes is 1. The summed E-state index contributed by atoms with van der Waals surface area (Å²) < 4.78 is 0. The van der Waals surface area contributed by atoms with Crippen LogP contribution in [0, 0.1) is 31.1 Å². The number of carbonyl (C=O) groups is 1. The predicted octanol–water partition coefficient (Wildman–Crippen LogP) is 1.01. The number of allylic oxidation sites excluding steroid dienone is 1. The Balaban J connectivity index is -0.0000000450. The molecule has 0 radical (unpaired) electrons. The molecule has 0 saturated carbocycles. The van der Waals surface area contributed by atoms with Crippen molar-refractivity contribution in [3.05, 3.63) is 12.7 Å². The first-order valence-corrected chi connectivity index (χ1v) is 0.977. The molecule has 0 heterocycles. The van der Waals surface area contributed by atoms with Gasteiger partial charge in [-0.1, -0.05) is 14.0 Å². The molecule has 0 aliphatic heterocycles. The van der Waals surface area contributed by atoms with Crippen LogP contribution in [0.3, 0.4) is 0 Å². The fourth-order valence-electron chi connectivity index (χ4n) is 0. The summed E-state index contributed by atoms with van der Waals surface area (Å²) in [5.41, 5.74) is 0. The molecule has 0 aromatic rings. The fraction of sp³-hybridized carbons (Fsp3) is 0.250. The van der Waals surface area contributed by atoms with Crippen molar-refractivity contribution < 1.29 is 35.9 Å². The minimum Gasteiger partial charge on any atom is -0.299 e. The molecular formula is C4H8OU. The van der Waals surface area contributed by atoms with E-state index in [2.05, 4.69) is 6.58 Å². The maximum Gasteiger partial charge on any atom is 0.142 e. The first-order chi connectivity index (χ1) is 1.91. The minimum atomic E-state index is 0. The summed E-state index contributed by atoms with van der Waals surface area (Å²) >= 11 is 0. The largest absolute Gasteiger partial charge is 0.299 e. The normalized spacial score (nSPS) is 3.33. The van der Waals surface area contributed by atoms with Gasteiger partial charge in [0, 0.05) is 31.1 Å². The second kappa shape index (κ2) is 17.9. The number of hydrogen-bond acceptors (Lipinski definition) is 1. The summed E-state index contributed by atoms with van der Waals surface area (Å²) in [5.74, 6) is 0. The van der Waals surface area contributed by atoms with Gasteiger partial charge in [0.05, 0.1) is 0 Å². The van der Waals surface area contributed by atoms with Crippen LogP contribution in [0.5, 0.6) is 0 Å². The van der Waals surface area contributed by atoms with Crippen molar-refractivity contribution in [1.82, 2.24) is 0 Å². The van der Waals surface area contributed by atoms with Crippen LogP contribution in [0.4, 0.5) is 0 Å². The van der Waals surface area contributed by atoms with E-state index in [9.17, 15) is 0 Å². The monoisotopic (exact) mass is 310 g/mol. The quantitative estimate of drug-likeness (QED) is 0.522. The molecule has 0 rings (SSSR count). The van der Waals surface area contributed by atoms with Crippen molar-refractivity contribution in [3.63, 3.8) is 0 Å². The van der Waals surface area contributed by atoms with Gasteiger partial charge in [0.1, 0.15) is 6.29 Å². The molecule has 0 N–H and O–H groups in total. The van der Waals surface area contributed by atoms with E-state index in [1.165, 1.54) is 6.08 Å². The van der Waals surface area contributed by atoms with E-state index >= 15 is 0 Å². The van der Waals surface area contributed by atoms with Crippen molar-refractivity contribution >= 4 is 6.29 Å². The molecule has 0 atom stereocenters. The SMILES string of the molecule is C.C=CC=O.[U]. The van der Waals surface area contributed by atoms with Gasteiger partial charge in [-0.15, -0.1) is 0 Å². The molecule has 6 heavy (non-hydrogen) atoms. The van der Waals surface area contributed by atoms with E-state index in [4.69, 9.17) is 4.79 Å².